The molecule has 2 aromatic heterocycles. The highest BCUT2D eigenvalue weighted by atomic mass is 35.5. The van der Waals surface area contributed by atoms with Gasteiger partial charge in [0.15, 0.2) is 0 Å². The second-order valence-corrected chi connectivity index (χ2v) is 9.93. The number of piperidine rings is 1. The highest BCUT2D eigenvalue weighted by molar-refractivity contribution is 7.89. The molecule has 0 spiro atoms. The molecule has 1 aliphatic heterocycles. The lowest BCUT2D eigenvalue weighted by molar-refractivity contribution is 0.271. The first-order chi connectivity index (χ1) is 15.4. The van der Waals surface area contributed by atoms with Crippen molar-refractivity contribution in [1.82, 2.24) is 19.4 Å². The summed E-state index contributed by atoms with van der Waals surface area (Å²) in [6.07, 6.45) is 2.62. The Labute approximate surface area is 188 Å². The van der Waals surface area contributed by atoms with E-state index >= 15 is 0 Å². The van der Waals surface area contributed by atoms with Gasteiger partial charge in [0.05, 0.1) is 11.1 Å². The quantitative estimate of drug-likeness (QED) is 0.429. The molecule has 2 aromatic carbocycles. The standard InChI is InChI=1S/C22H18ClFN4O3S/c23-16-6-7-17(18(24)13-16)21-26-22(31-27-21)15-8-11-28(12-9-15)32(29,30)19-5-1-3-14-4-2-10-25-20(14)19/h1-7,10,13,15H,8-9,11-12H2. The average Bonchev–Trinajstić information content (AvgIpc) is 3.28. The number of hydrogen-bond acceptors (Lipinski definition) is 6. The minimum absolute atomic E-state index is 0.108. The van der Waals surface area contributed by atoms with Gasteiger partial charge in [0.1, 0.15) is 10.7 Å². The molecule has 0 atom stereocenters. The van der Waals surface area contributed by atoms with Crippen molar-refractivity contribution in [3.05, 3.63) is 71.5 Å². The molecule has 0 radical (unpaired) electrons. The van der Waals surface area contributed by atoms with Crippen LogP contribution in [-0.4, -0.2) is 40.9 Å². The fourth-order valence-corrected chi connectivity index (χ4v) is 5.74. The van der Waals surface area contributed by atoms with Gasteiger partial charge in [0.25, 0.3) is 0 Å². The van der Waals surface area contributed by atoms with Gasteiger partial charge >= 0.3 is 0 Å². The van der Waals surface area contributed by atoms with Gasteiger partial charge in [-0.15, -0.1) is 0 Å². The fraction of sp³-hybridized carbons (Fsp3) is 0.227. The number of pyridine rings is 1. The van der Waals surface area contributed by atoms with E-state index in [0.29, 0.717) is 37.3 Å². The van der Waals surface area contributed by atoms with Crippen LogP contribution in [0.3, 0.4) is 0 Å². The minimum Gasteiger partial charge on any atom is -0.339 e. The van der Waals surface area contributed by atoms with Crippen LogP contribution in [0.25, 0.3) is 22.3 Å². The summed E-state index contributed by atoms with van der Waals surface area (Å²) in [4.78, 5) is 8.81. The molecule has 7 nitrogen and oxygen atoms in total. The Balaban J connectivity index is 1.34. The lowest BCUT2D eigenvalue weighted by Gasteiger charge is -2.29. The maximum atomic E-state index is 14.2. The van der Waals surface area contributed by atoms with E-state index in [9.17, 15) is 12.8 Å². The van der Waals surface area contributed by atoms with Crippen molar-refractivity contribution in [3.63, 3.8) is 0 Å². The van der Waals surface area contributed by atoms with Gasteiger partial charge in [-0.3, -0.25) is 4.98 Å². The number of halogens is 2. The summed E-state index contributed by atoms with van der Waals surface area (Å²) < 4.78 is 47.5. The largest absolute Gasteiger partial charge is 0.339 e. The lowest BCUT2D eigenvalue weighted by Crippen LogP contribution is -2.38. The van der Waals surface area contributed by atoms with Crippen LogP contribution in [0.1, 0.15) is 24.7 Å². The van der Waals surface area contributed by atoms with Crippen molar-refractivity contribution in [2.45, 2.75) is 23.7 Å². The van der Waals surface area contributed by atoms with Gasteiger partial charge in [-0.2, -0.15) is 9.29 Å². The van der Waals surface area contributed by atoms with Crippen LogP contribution in [0, 0.1) is 5.82 Å². The number of nitrogens with zero attached hydrogens (tertiary/aromatic N) is 4. The number of para-hydroxylation sites is 1. The molecule has 0 N–H and O–H groups in total. The summed E-state index contributed by atoms with van der Waals surface area (Å²) in [5.41, 5.74) is 0.663. The first-order valence-electron chi connectivity index (χ1n) is 10.1. The van der Waals surface area contributed by atoms with E-state index < -0.39 is 15.8 Å². The molecule has 0 saturated carbocycles. The normalized spacial score (nSPS) is 15.9. The molecule has 32 heavy (non-hydrogen) atoms. The van der Waals surface area contributed by atoms with E-state index in [2.05, 4.69) is 15.1 Å². The monoisotopic (exact) mass is 472 g/mol. The summed E-state index contributed by atoms with van der Waals surface area (Å²) in [5, 5.41) is 4.95. The van der Waals surface area contributed by atoms with Gasteiger partial charge in [-0.1, -0.05) is 35.0 Å². The first kappa shape index (κ1) is 21.0. The molecule has 5 rings (SSSR count). The number of rotatable bonds is 4. The zero-order chi connectivity index (χ0) is 22.3. The second kappa shape index (κ2) is 8.23. The van der Waals surface area contributed by atoms with Gasteiger partial charge < -0.3 is 4.52 Å². The molecule has 4 aromatic rings. The maximum absolute atomic E-state index is 14.2. The van der Waals surface area contributed by atoms with Crippen molar-refractivity contribution in [3.8, 4) is 11.4 Å². The van der Waals surface area contributed by atoms with Gasteiger partial charge in [0, 0.05) is 35.6 Å². The summed E-state index contributed by atoms with van der Waals surface area (Å²) in [7, 11) is -3.70. The van der Waals surface area contributed by atoms with Crippen LogP contribution in [0.15, 0.2) is 64.1 Å². The van der Waals surface area contributed by atoms with Crippen molar-refractivity contribution in [1.29, 1.82) is 0 Å². The second-order valence-electron chi connectivity index (χ2n) is 7.59. The summed E-state index contributed by atoms with van der Waals surface area (Å²) in [5.74, 6) is -0.123. The van der Waals surface area contributed by atoms with Crippen LogP contribution < -0.4 is 0 Å². The van der Waals surface area contributed by atoms with E-state index in [1.165, 1.54) is 16.4 Å². The molecule has 3 heterocycles. The Hall–Kier alpha value is -2.88. The topological polar surface area (TPSA) is 89.2 Å². The van der Waals surface area contributed by atoms with Crippen LogP contribution in [0.5, 0.6) is 0 Å². The Morgan fingerprint density at radius 3 is 2.66 bits per heavy atom. The van der Waals surface area contributed by atoms with Crippen molar-refractivity contribution in [2.75, 3.05) is 13.1 Å². The molecule has 10 heteroatoms. The molecule has 1 saturated heterocycles. The zero-order valence-corrected chi connectivity index (χ0v) is 18.4. The van der Waals surface area contributed by atoms with Gasteiger partial charge in [0.2, 0.25) is 21.7 Å². The summed E-state index contributed by atoms with van der Waals surface area (Å²) >= 11 is 5.80. The molecule has 164 valence electrons. The highest BCUT2D eigenvalue weighted by Crippen LogP contribution is 2.33. The third kappa shape index (κ3) is 3.76. The Kier molecular flexibility index (Phi) is 5.40. The zero-order valence-electron chi connectivity index (χ0n) is 16.8. The number of hydrogen-bond donors (Lipinski definition) is 0. The first-order valence-corrected chi connectivity index (χ1v) is 11.9. The van der Waals surface area contributed by atoms with E-state index in [-0.39, 0.29) is 27.2 Å². The van der Waals surface area contributed by atoms with Crippen LogP contribution in [0.2, 0.25) is 5.02 Å². The minimum atomic E-state index is -3.70. The number of fused-ring (bicyclic) bond motifs is 1. The third-order valence-electron chi connectivity index (χ3n) is 5.63. The molecular weight excluding hydrogens is 455 g/mol. The maximum Gasteiger partial charge on any atom is 0.245 e. The van der Waals surface area contributed by atoms with E-state index in [1.807, 2.05) is 12.1 Å². The molecule has 1 fully saturated rings. The van der Waals surface area contributed by atoms with Crippen LogP contribution in [0.4, 0.5) is 4.39 Å². The summed E-state index contributed by atoms with van der Waals surface area (Å²) in [6.45, 7) is 0.618. The Morgan fingerprint density at radius 1 is 1.09 bits per heavy atom. The van der Waals surface area contributed by atoms with E-state index in [0.717, 1.165) is 5.39 Å². The molecule has 0 unspecified atom stereocenters. The van der Waals surface area contributed by atoms with E-state index in [1.54, 1.807) is 30.5 Å². The number of aromatic nitrogens is 3. The van der Waals surface area contributed by atoms with Crippen molar-refractivity contribution < 1.29 is 17.3 Å². The van der Waals surface area contributed by atoms with Gasteiger partial charge in [-0.05, 0) is 43.2 Å². The SMILES string of the molecule is O=S(=O)(c1cccc2cccnc12)N1CCC(c2nc(-c3ccc(Cl)cc3F)no2)CC1. The molecule has 1 aliphatic rings. The molecule has 0 amide bonds. The van der Waals surface area contributed by atoms with Gasteiger partial charge in [-0.25, -0.2) is 12.8 Å². The lowest BCUT2D eigenvalue weighted by atomic mass is 9.98. The molecular formula is C22H18ClFN4O3S. The number of sulfonamides is 1. The third-order valence-corrected chi connectivity index (χ3v) is 7.80. The average molecular weight is 473 g/mol. The smallest absolute Gasteiger partial charge is 0.245 e. The molecule has 0 aliphatic carbocycles. The van der Waals surface area contributed by atoms with Crippen LogP contribution in [-0.2, 0) is 10.0 Å². The molecule has 0 bridgehead atoms. The highest BCUT2D eigenvalue weighted by Gasteiger charge is 2.33. The predicted octanol–water partition coefficient (Wildman–Crippen LogP) is 4.65. The Bertz CT molecular complexity index is 1400. The van der Waals surface area contributed by atoms with E-state index in [4.69, 9.17) is 16.1 Å². The number of benzene rings is 2. The van der Waals surface area contributed by atoms with Crippen molar-refractivity contribution in [2.24, 2.45) is 0 Å². The predicted molar refractivity (Wildman–Crippen MR) is 117 cm³/mol. The Morgan fingerprint density at radius 2 is 1.88 bits per heavy atom. The fourth-order valence-electron chi connectivity index (χ4n) is 3.95. The van der Waals surface area contributed by atoms with Crippen molar-refractivity contribution >= 4 is 32.5 Å². The summed E-state index contributed by atoms with van der Waals surface area (Å²) in [6, 6.07) is 13.0. The van der Waals surface area contributed by atoms with Crippen LogP contribution >= 0.6 is 11.6 Å².